The molecule has 10 nitrogen and oxygen atoms in total. The van der Waals surface area contributed by atoms with Gasteiger partial charge >= 0.3 is 0 Å². The lowest BCUT2D eigenvalue weighted by atomic mass is 9.96. The van der Waals surface area contributed by atoms with Gasteiger partial charge in [0, 0.05) is 19.2 Å². The Labute approximate surface area is 224 Å². The van der Waals surface area contributed by atoms with E-state index in [1.54, 1.807) is 6.33 Å². The first-order valence-corrected chi connectivity index (χ1v) is 13.4. The average Bonchev–Trinajstić information content (AvgIpc) is 3.55. The van der Waals surface area contributed by atoms with E-state index in [1.807, 2.05) is 16.8 Å². The number of aromatic nitrogens is 4. The van der Waals surface area contributed by atoms with Crippen LogP contribution in [0.4, 0.5) is 5.82 Å². The van der Waals surface area contributed by atoms with Gasteiger partial charge in [0.25, 0.3) is 5.78 Å². The first-order chi connectivity index (χ1) is 18.2. The smallest absolute Gasteiger partial charge is 0.254 e. The van der Waals surface area contributed by atoms with E-state index < -0.39 is 11.9 Å². The van der Waals surface area contributed by atoms with Crippen molar-refractivity contribution in [2.75, 3.05) is 18.1 Å². The molecule has 2 aromatic heterocycles. The van der Waals surface area contributed by atoms with Crippen molar-refractivity contribution < 1.29 is 14.3 Å². The van der Waals surface area contributed by atoms with Crippen LogP contribution in [0.3, 0.4) is 0 Å². The molecule has 4 N–H and O–H groups in total. The van der Waals surface area contributed by atoms with Gasteiger partial charge < -0.3 is 21.1 Å². The van der Waals surface area contributed by atoms with Crippen LogP contribution in [0.1, 0.15) is 64.5 Å². The lowest BCUT2D eigenvalue weighted by Crippen LogP contribution is -2.35. The molecule has 1 fully saturated rings. The highest BCUT2D eigenvalue weighted by atomic mass is 16.5. The van der Waals surface area contributed by atoms with Crippen LogP contribution in [0, 0.1) is 5.92 Å². The second kappa shape index (κ2) is 13.9. The van der Waals surface area contributed by atoms with Gasteiger partial charge in [-0.2, -0.15) is 14.6 Å². The maximum Gasteiger partial charge on any atom is 0.254 e. The molecule has 1 saturated heterocycles. The van der Waals surface area contributed by atoms with Crippen LogP contribution < -0.4 is 21.1 Å². The highest BCUT2D eigenvalue weighted by Crippen LogP contribution is 2.29. The number of ether oxygens (including phenoxy) is 1. The number of carbonyl (C=O) groups is 2. The Morgan fingerprint density at radius 1 is 1.21 bits per heavy atom. The predicted molar refractivity (Wildman–Crippen MR) is 148 cm³/mol. The summed E-state index contributed by atoms with van der Waals surface area (Å²) in [5.74, 6) is 2.68. The number of amides is 1. The number of hydrogen-bond acceptors (Lipinski definition) is 8. The van der Waals surface area contributed by atoms with Gasteiger partial charge in [-0.15, -0.1) is 0 Å². The second-order valence-corrected chi connectivity index (χ2v) is 10.1. The molecule has 3 aromatic rings. The van der Waals surface area contributed by atoms with E-state index >= 15 is 0 Å². The number of Topliss-reactive ketones (excluding diaryl/α,β-unsaturated/α-hetero) is 1. The summed E-state index contributed by atoms with van der Waals surface area (Å²) >= 11 is 0. The second-order valence-electron chi connectivity index (χ2n) is 10.1. The number of anilines is 1. The Kier molecular flexibility index (Phi) is 10.6. The largest absolute Gasteiger partial charge is 0.491 e. The van der Waals surface area contributed by atoms with Crippen LogP contribution in [0.25, 0.3) is 5.78 Å². The molecule has 1 unspecified atom stereocenters. The molecule has 0 spiro atoms. The molecule has 38 heavy (non-hydrogen) atoms. The van der Waals surface area contributed by atoms with Crippen molar-refractivity contribution in [2.24, 2.45) is 17.4 Å². The van der Waals surface area contributed by atoms with Gasteiger partial charge in [0.1, 0.15) is 30.3 Å². The number of hydrogen-bond donors (Lipinski definition) is 2. The van der Waals surface area contributed by atoms with Crippen LogP contribution in [0.2, 0.25) is 0 Å². The fourth-order valence-corrected chi connectivity index (χ4v) is 4.63. The van der Waals surface area contributed by atoms with E-state index in [9.17, 15) is 9.59 Å². The third kappa shape index (κ3) is 7.74. The average molecular weight is 524 g/mol. The lowest BCUT2D eigenvalue weighted by Gasteiger charge is -2.27. The molecule has 1 aliphatic heterocycles. The van der Waals surface area contributed by atoms with Gasteiger partial charge in [-0.05, 0) is 68.2 Å². The van der Waals surface area contributed by atoms with Crippen molar-refractivity contribution >= 4 is 23.3 Å². The van der Waals surface area contributed by atoms with Crippen molar-refractivity contribution in [1.29, 1.82) is 0 Å². The van der Waals surface area contributed by atoms with Crippen LogP contribution in [0.5, 0.6) is 5.75 Å². The molecule has 1 aliphatic rings. The summed E-state index contributed by atoms with van der Waals surface area (Å²) in [4.78, 5) is 31.3. The maximum atomic E-state index is 10.3. The fourth-order valence-electron chi connectivity index (χ4n) is 4.63. The molecule has 2 atom stereocenters. The van der Waals surface area contributed by atoms with Crippen LogP contribution in [0.15, 0.2) is 36.8 Å². The van der Waals surface area contributed by atoms with Gasteiger partial charge in [0.15, 0.2) is 0 Å². The number of rotatable bonds is 11. The molecule has 0 aliphatic carbocycles. The van der Waals surface area contributed by atoms with E-state index in [2.05, 4.69) is 58.9 Å². The molecular weight excluding hydrogens is 482 g/mol. The normalized spacial score (nSPS) is 15.8. The molecule has 0 radical (unpaired) electrons. The molecule has 206 valence electrons. The van der Waals surface area contributed by atoms with Gasteiger partial charge in [0.2, 0.25) is 5.91 Å². The Bertz CT molecular complexity index is 1210. The minimum atomic E-state index is -0.720. The van der Waals surface area contributed by atoms with E-state index in [4.69, 9.17) is 16.2 Å². The summed E-state index contributed by atoms with van der Waals surface area (Å²) < 4.78 is 8.22. The van der Waals surface area contributed by atoms with Crippen LogP contribution in [-0.4, -0.2) is 56.5 Å². The van der Waals surface area contributed by atoms with E-state index in [1.165, 1.54) is 24.5 Å². The van der Waals surface area contributed by atoms with E-state index in [0.29, 0.717) is 24.3 Å². The van der Waals surface area contributed by atoms with Crippen molar-refractivity contribution in [3.8, 4) is 5.75 Å². The molecule has 0 saturated carbocycles. The van der Waals surface area contributed by atoms with Crippen molar-refractivity contribution in [2.45, 2.75) is 78.3 Å². The zero-order valence-corrected chi connectivity index (χ0v) is 23.0. The quantitative estimate of drug-likeness (QED) is 0.390. The van der Waals surface area contributed by atoms with Gasteiger partial charge in [-0.3, -0.25) is 9.59 Å². The Morgan fingerprint density at radius 3 is 2.66 bits per heavy atom. The standard InChI is InChI=1S/C23H31N5O.C5H10N2O2/c1-4-20-18(11-10-17(2)3)7-5-9-21(20)29-15-19-8-6-14-27(19)22-12-13-24-23-25-16-26-28(22)23;1-3(8)4(6)2-5(7)9/h5,7,9,12-13,16-17,19H,4,6,8,10-11,14-15H2,1-3H3;4H,2,6H2,1H3,(H2,7,9)/t19-;/m1./s1. The number of benzene rings is 1. The number of nitrogens with two attached hydrogens (primary N) is 2. The van der Waals surface area contributed by atoms with Gasteiger partial charge in [0.05, 0.1) is 12.1 Å². The van der Waals surface area contributed by atoms with Crippen LogP contribution in [-0.2, 0) is 22.4 Å². The molecular formula is C28H41N7O3. The topological polar surface area (TPSA) is 142 Å². The number of primary amides is 1. The summed E-state index contributed by atoms with van der Waals surface area (Å²) in [6.45, 7) is 9.80. The molecule has 3 heterocycles. The predicted octanol–water partition coefficient (Wildman–Crippen LogP) is 3.10. The van der Waals surface area contributed by atoms with E-state index in [-0.39, 0.29) is 12.2 Å². The number of aryl methyl sites for hydroxylation is 1. The maximum absolute atomic E-state index is 10.3. The first-order valence-electron chi connectivity index (χ1n) is 13.4. The minimum Gasteiger partial charge on any atom is -0.491 e. The number of fused-ring (bicyclic) bond motifs is 1. The Morgan fingerprint density at radius 2 is 2.00 bits per heavy atom. The van der Waals surface area contributed by atoms with Crippen molar-refractivity contribution in [1.82, 2.24) is 19.6 Å². The molecule has 10 heteroatoms. The molecule has 4 rings (SSSR count). The van der Waals surface area contributed by atoms with Crippen LogP contribution >= 0.6 is 0 Å². The third-order valence-corrected chi connectivity index (χ3v) is 6.78. The Balaban J connectivity index is 0.000000383. The summed E-state index contributed by atoms with van der Waals surface area (Å²) in [6, 6.07) is 8.15. The summed E-state index contributed by atoms with van der Waals surface area (Å²) in [5.41, 5.74) is 12.7. The van der Waals surface area contributed by atoms with Gasteiger partial charge in [-0.25, -0.2) is 4.98 Å². The fraction of sp³-hybridized carbons (Fsp3) is 0.536. The zero-order chi connectivity index (χ0) is 27.7. The summed E-state index contributed by atoms with van der Waals surface area (Å²) in [5, 5.41) is 4.35. The minimum absolute atomic E-state index is 0.0602. The van der Waals surface area contributed by atoms with E-state index in [0.717, 1.165) is 43.8 Å². The number of ketones is 1. The summed E-state index contributed by atoms with van der Waals surface area (Å²) in [7, 11) is 0. The molecule has 1 aromatic carbocycles. The number of carbonyl (C=O) groups excluding carboxylic acids is 2. The lowest BCUT2D eigenvalue weighted by molar-refractivity contribution is -0.123. The number of nitrogens with zero attached hydrogens (tertiary/aromatic N) is 5. The molecule has 1 amide bonds. The Hall–Kier alpha value is -3.53. The SMILES string of the molecule is CC(=O)C(N)CC(N)=O.CCc1c(CCC(C)C)cccc1OC[C@H]1CCCN1c1ccnc2ncnn12. The zero-order valence-electron chi connectivity index (χ0n) is 23.0. The summed E-state index contributed by atoms with van der Waals surface area (Å²) in [6.07, 6.45) is 8.91. The highest BCUT2D eigenvalue weighted by molar-refractivity contribution is 5.87. The van der Waals surface area contributed by atoms with Crippen molar-refractivity contribution in [3.63, 3.8) is 0 Å². The first kappa shape index (κ1) is 29.0. The highest BCUT2D eigenvalue weighted by Gasteiger charge is 2.28. The third-order valence-electron chi connectivity index (χ3n) is 6.78. The molecule has 0 bridgehead atoms. The monoisotopic (exact) mass is 523 g/mol. The van der Waals surface area contributed by atoms with Gasteiger partial charge in [-0.1, -0.05) is 32.9 Å². The van der Waals surface area contributed by atoms with Crippen molar-refractivity contribution in [3.05, 3.63) is 47.9 Å².